The lowest BCUT2D eigenvalue weighted by Gasteiger charge is -2.37. The van der Waals surface area contributed by atoms with Gasteiger partial charge >= 0.3 is 0 Å². The Morgan fingerprint density at radius 3 is 2.62 bits per heavy atom. The summed E-state index contributed by atoms with van der Waals surface area (Å²) >= 11 is 6.32. The Kier molecular flexibility index (Phi) is 5.10. The van der Waals surface area contributed by atoms with Gasteiger partial charge in [0.2, 0.25) is 0 Å². The molecule has 5 heteroatoms. The van der Waals surface area contributed by atoms with Gasteiger partial charge in [-0.2, -0.15) is 5.10 Å². The van der Waals surface area contributed by atoms with Crippen molar-refractivity contribution in [1.29, 1.82) is 0 Å². The second-order valence-corrected chi connectivity index (χ2v) is 6.81. The van der Waals surface area contributed by atoms with Crippen LogP contribution in [0.25, 0.3) is 0 Å². The molecule has 1 aliphatic rings. The first-order valence-electron chi connectivity index (χ1n) is 7.88. The Morgan fingerprint density at radius 1 is 1.48 bits per heavy atom. The Morgan fingerprint density at radius 2 is 2.10 bits per heavy atom. The summed E-state index contributed by atoms with van der Waals surface area (Å²) in [6.45, 7) is 7.30. The quantitative estimate of drug-likeness (QED) is 0.908. The molecular weight excluding hydrogens is 286 g/mol. The first kappa shape index (κ1) is 16.5. The summed E-state index contributed by atoms with van der Waals surface area (Å²) < 4.78 is 1.84. The van der Waals surface area contributed by atoms with Crippen molar-refractivity contribution in [1.82, 2.24) is 9.78 Å². The lowest BCUT2D eigenvalue weighted by molar-refractivity contribution is -0.129. The number of carbonyl (C=O) groups excluding carboxylic acids is 1. The molecule has 1 fully saturated rings. The van der Waals surface area contributed by atoms with Gasteiger partial charge in [0.1, 0.15) is 5.78 Å². The summed E-state index contributed by atoms with van der Waals surface area (Å²) in [5.74, 6) is 0.929. The van der Waals surface area contributed by atoms with E-state index in [4.69, 9.17) is 17.3 Å². The summed E-state index contributed by atoms with van der Waals surface area (Å²) in [4.78, 5) is 12.9. The number of Topliss-reactive ketones (excluding diaryl/α,β-unsaturated/α-hetero) is 1. The van der Waals surface area contributed by atoms with E-state index >= 15 is 0 Å². The van der Waals surface area contributed by atoms with Gasteiger partial charge in [-0.25, -0.2) is 0 Å². The van der Waals surface area contributed by atoms with Crippen LogP contribution in [0.4, 0.5) is 0 Å². The predicted octanol–water partition coefficient (Wildman–Crippen LogP) is 3.13. The van der Waals surface area contributed by atoms with E-state index < -0.39 is 0 Å². The number of nitrogens with zero attached hydrogens (tertiary/aromatic N) is 2. The molecule has 2 N–H and O–H groups in total. The summed E-state index contributed by atoms with van der Waals surface area (Å²) in [5, 5.41) is 5.02. The SMILES string of the molecule is CCn1nc(C)c(Cl)c1CC(=O)C1(CN)CCC(C)CC1. The molecule has 1 aromatic rings. The Bertz CT molecular complexity index is 516. The minimum absolute atomic E-state index is 0.230. The maximum absolute atomic E-state index is 12.9. The molecule has 1 saturated carbocycles. The average molecular weight is 312 g/mol. The molecule has 1 aliphatic carbocycles. The fourth-order valence-corrected chi connectivity index (χ4v) is 3.49. The third-order valence-electron chi connectivity index (χ3n) is 4.99. The van der Waals surface area contributed by atoms with Crippen molar-refractivity contribution in [2.24, 2.45) is 17.1 Å². The number of hydrogen-bond acceptors (Lipinski definition) is 3. The Hall–Kier alpha value is -0.870. The fraction of sp³-hybridized carbons (Fsp3) is 0.750. The normalized spacial score (nSPS) is 26.0. The molecule has 0 radical (unpaired) electrons. The van der Waals surface area contributed by atoms with E-state index in [-0.39, 0.29) is 11.2 Å². The second-order valence-electron chi connectivity index (χ2n) is 6.43. The number of halogens is 1. The van der Waals surface area contributed by atoms with Crippen molar-refractivity contribution < 1.29 is 4.79 Å². The highest BCUT2D eigenvalue weighted by Crippen LogP contribution is 2.40. The van der Waals surface area contributed by atoms with Gasteiger partial charge in [-0.3, -0.25) is 9.48 Å². The van der Waals surface area contributed by atoms with Gasteiger partial charge in [0.05, 0.1) is 22.8 Å². The second kappa shape index (κ2) is 6.49. The van der Waals surface area contributed by atoms with Crippen LogP contribution in [0, 0.1) is 18.3 Å². The highest BCUT2D eigenvalue weighted by Gasteiger charge is 2.40. The summed E-state index contributed by atoms with van der Waals surface area (Å²) in [6.07, 6.45) is 4.32. The van der Waals surface area contributed by atoms with Gasteiger partial charge in [-0.05, 0) is 45.4 Å². The van der Waals surface area contributed by atoms with Crippen LogP contribution in [0.15, 0.2) is 0 Å². The van der Waals surface area contributed by atoms with Crippen molar-refractivity contribution in [2.45, 2.75) is 59.4 Å². The molecule has 0 saturated heterocycles. The van der Waals surface area contributed by atoms with Crippen LogP contribution >= 0.6 is 11.6 Å². The maximum atomic E-state index is 12.9. The lowest BCUT2D eigenvalue weighted by Crippen LogP contribution is -2.42. The number of nitrogens with two attached hydrogens (primary N) is 1. The maximum Gasteiger partial charge on any atom is 0.146 e. The highest BCUT2D eigenvalue weighted by molar-refractivity contribution is 6.32. The molecule has 118 valence electrons. The largest absolute Gasteiger partial charge is 0.329 e. The number of rotatable bonds is 5. The number of aryl methyl sites for hydroxylation is 2. The Balaban J connectivity index is 2.20. The lowest BCUT2D eigenvalue weighted by atomic mass is 9.67. The number of carbonyl (C=O) groups is 1. The molecule has 0 unspecified atom stereocenters. The van der Waals surface area contributed by atoms with Crippen LogP contribution in [0.5, 0.6) is 0 Å². The van der Waals surface area contributed by atoms with Gasteiger partial charge in [-0.15, -0.1) is 0 Å². The van der Waals surface area contributed by atoms with Crippen LogP contribution in [-0.4, -0.2) is 22.1 Å². The molecule has 0 spiro atoms. The van der Waals surface area contributed by atoms with E-state index in [2.05, 4.69) is 12.0 Å². The zero-order valence-electron chi connectivity index (χ0n) is 13.3. The first-order valence-corrected chi connectivity index (χ1v) is 8.26. The molecular formula is C16H26ClN3O. The predicted molar refractivity (Wildman–Crippen MR) is 85.5 cm³/mol. The molecule has 0 aromatic carbocycles. The van der Waals surface area contributed by atoms with E-state index in [0.29, 0.717) is 23.9 Å². The summed E-state index contributed by atoms with van der Waals surface area (Å²) in [6, 6.07) is 0. The van der Waals surface area contributed by atoms with Crippen LogP contribution in [0.1, 0.15) is 50.9 Å². The minimum Gasteiger partial charge on any atom is -0.329 e. The molecule has 0 amide bonds. The molecule has 0 bridgehead atoms. The minimum atomic E-state index is -0.355. The van der Waals surface area contributed by atoms with E-state index in [9.17, 15) is 4.79 Å². The van der Waals surface area contributed by atoms with E-state index in [1.54, 1.807) is 0 Å². The van der Waals surface area contributed by atoms with Crippen LogP contribution < -0.4 is 5.73 Å². The third kappa shape index (κ3) is 3.16. The topological polar surface area (TPSA) is 60.9 Å². The standard InChI is InChI=1S/C16H26ClN3O/c1-4-20-13(15(17)12(3)19-20)9-14(21)16(10-18)7-5-11(2)6-8-16/h11H,4-10,18H2,1-3H3. The molecule has 2 rings (SSSR count). The van der Waals surface area contributed by atoms with Crippen LogP contribution in [0.3, 0.4) is 0 Å². The van der Waals surface area contributed by atoms with Crippen LogP contribution in [-0.2, 0) is 17.8 Å². The molecule has 0 aliphatic heterocycles. The summed E-state index contributed by atoms with van der Waals surface area (Å²) in [5.41, 5.74) is 7.25. The van der Waals surface area contributed by atoms with E-state index in [0.717, 1.165) is 43.6 Å². The fourth-order valence-electron chi connectivity index (χ4n) is 3.29. The average Bonchev–Trinajstić information content (AvgIpc) is 2.76. The third-order valence-corrected chi connectivity index (χ3v) is 5.49. The molecule has 1 aromatic heterocycles. The molecule has 4 nitrogen and oxygen atoms in total. The number of hydrogen-bond donors (Lipinski definition) is 1. The van der Waals surface area contributed by atoms with Crippen molar-refractivity contribution >= 4 is 17.4 Å². The van der Waals surface area contributed by atoms with Crippen molar-refractivity contribution in [3.63, 3.8) is 0 Å². The molecule has 21 heavy (non-hydrogen) atoms. The zero-order chi connectivity index (χ0) is 15.6. The van der Waals surface area contributed by atoms with Crippen molar-refractivity contribution in [3.8, 4) is 0 Å². The highest BCUT2D eigenvalue weighted by atomic mass is 35.5. The van der Waals surface area contributed by atoms with Gasteiger partial charge in [-0.1, -0.05) is 18.5 Å². The number of ketones is 1. The van der Waals surface area contributed by atoms with Crippen LogP contribution in [0.2, 0.25) is 5.02 Å². The summed E-state index contributed by atoms with van der Waals surface area (Å²) in [7, 11) is 0. The van der Waals surface area contributed by atoms with Gasteiger partial charge in [0, 0.05) is 18.5 Å². The molecule has 1 heterocycles. The first-order chi connectivity index (χ1) is 9.93. The van der Waals surface area contributed by atoms with Gasteiger partial charge in [0.25, 0.3) is 0 Å². The van der Waals surface area contributed by atoms with Crippen molar-refractivity contribution in [3.05, 3.63) is 16.4 Å². The van der Waals surface area contributed by atoms with Crippen molar-refractivity contribution in [2.75, 3.05) is 6.54 Å². The Labute approximate surface area is 132 Å². The number of aromatic nitrogens is 2. The van der Waals surface area contributed by atoms with E-state index in [1.807, 2.05) is 18.5 Å². The smallest absolute Gasteiger partial charge is 0.146 e. The molecule has 0 atom stereocenters. The van der Waals surface area contributed by atoms with E-state index in [1.165, 1.54) is 0 Å². The van der Waals surface area contributed by atoms with Gasteiger partial charge < -0.3 is 5.73 Å². The zero-order valence-corrected chi connectivity index (χ0v) is 14.0. The monoisotopic (exact) mass is 311 g/mol. The van der Waals surface area contributed by atoms with Gasteiger partial charge in [0.15, 0.2) is 0 Å².